The second-order valence-corrected chi connectivity index (χ2v) is 14.5. The lowest BCUT2D eigenvalue weighted by molar-refractivity contribution is 0.773. The van der Waals surface area contributed by atoms with E-state index in [1.165, 1.54) is 18.9 Å². The fraction of sp³-hybridized carbons (Fsp3) is 0.529. The van der Waals surface area contributed by atoms with Gasteiger partial charge in [0.05, 0.1) is 0 Å². The number of hydrogen-bond donors (Lipinski definition) is 0. The third-order valence-electron chi connectivity index (χ3n) is 4.95. The van der Waals surface area contributed by atoms with Crippen molar-refractivity contribution in [1.29, 1.82) is 0 Å². The smallest absolute Gasteiger partial charge is 0.169 e. The molecule has 0 aliphatic rings. The van der Waals surface area contributed by atoms with Crippen LogP contribution in [0.5, 0.6) is 0 Å². The molecule has 2 rings (SSSR count). The molecule has 0 N–H and O–H groups in total. The zero-order valence-electron chi connectivity index (χ0n) is 13.7. The van der Waals surface area contributed by atoms with Crippen LogP contribution < -0.4 is 0 Å². The van der Waals surface area contributed by atoms with E-state index in [2.05, 4.69) is 109 Å². The van der Waals surface area contributed by atoms with Gasteiger partial charge < -0.3 is 4.23 Å². The zero-order valence-corrected chi connectivity index (χ0v) is 18.5. The van der Waals surface area contributed by atoms with Crippen LogP contribution in [0.3, 0.4) is 0 Å². The maximum Gasteiger partial charge on any atom is 0.169 e. The summed E-state index contributed by atoms with van der Waals surface area (Å²) < 4.78 is 5.19. The molecule has 0 saturated carbocycles. The molecule has 0 atom stereocenters. The summed E-state index contributed by atoms with van der Waals surface area (Å²) in [5.41, 5.74) is 3.56. The van der Waals surface area contributed by atoms with Crippen molar-refractivity contribution < 1.29 is 0 Å². The predicted molar refractivity (Wildman–Crippen MR) is 109 cm³/mol. The monoisotopic (exact) mass is 477 g/mol. The zero-order chi connectivity index (χ0) is 15.9. The molecular weight excluding hydrogens is 453 g/mol. The van der Waals surface area contributed by atoms with Crippen molar-refractivity contribution in [2.24, 2.45) is 0 Å². The number of aromatic nitrogens is 1. The van der Waals surface area contributed by atoms with Gasteiger partial charge in [0.1, 0.15) is 0 Å². The number of benzene rings is 1. The van der Waals surface area contributed by atoms with E-state index in [9.17, 15) is 0 Å². The van der Waals surface area contributed by atoms with Crippen LogP contribution in [0.25, 0.3) is 10.9 Å². The van der Waals surface area contributed by atoms with Crippen LogP contribution in [-0.4, -0.2) is 12.5 Å². The molecule has 0 aliphatic heterocycles. The Hall–Kier alpha value is 0.187. The van der Waals surface area contributed by atoms with Gasteiger partial charge in [0.2, 0.25) is 0 Å². The minimum atomic E-state index is -1.66. The van der Waals surface area contributed by atoms with Crippen LogP contribution in [0.1, 0.15) is 41.5 Å². The average molecular weight is 478 g/mol. The predicted octanol–water partition coefficient (Wildman–Crippen LogP) is 7.03. The van der Waals surface area contributed by atoms with Gasteiger partial charge in [-0.1, -0.05) is 41.5 Å². The van der Waals surface area contributed by atoms with Gasteiger partial charge >= 0.3 is 0 Å². The summed E-state index contributed by atoms with van der Waals surface area (Å²) in [6.45, 7) is 14.5. The summed E-state index contributed by atoms with van der Waals surface area (Å²) >= 11 is 6.11. The molecule has 0 amide bonds. The second kappa shape index (κ2) is 6.36. The molecule has 116 valence electrons. The Balaban J connectivity index is 2.81. The van der Waals surface area contributed by atoms with E-state index in [4.69, 9.17) is 0 Å². The van der Waals surface area contributed by atoms with Gasteiger partial charge in [-0.05, 0) is 79.5 Å². The summed E-state index contributed by atoms with van der Waals surface area (Å²) in [5, 5.41) is 1.38. The van der Waals surface area contributed by atoms with Crippen molar-refractivity contribution >= 4 is 57.7 Å². The summed E-state index contributed by atoms with van der Waals surface area (Å²) in [7, 11) is -1.66. The van der Waals surface area contributed by atoms with Gasteiger partial charge in [0.25, 0.3) is 0 Å². The van der Waals surface area contributed by atoms with Gasteiger partial charge in [-0.15, -0.1) is 0 Å². The molecule has 0 unspecified atom stereocenters. The highest BCUT2D eigenvalue weighted by molar-refractivity contribution is 14.1. The number of fused-ring (bicyclic) bond motifs is 1. The Kier molecular flexibility index (Phi) is 5.31. The van der Waals surface area contributed by atoms with E-state index in [1.54, 1.807) is 0 Å². The van der Waals surface area contributed by atoms with E-state index in [0.717, 1.165) is 16.6 Å². The van der Waals surface area contributed by atoms with Crippen LogP contribution in [0.4, 0.5) is 0 Å². The maximum absolute atomic E-state index is 3.66. The highest BCUT2D eigenvalue weighted by atomic mass is 127. The van der Waals surface area contributed by atoms with Crippen molar-refractivity contribution in [3.63, 3.8) is 0 Å². The molecule has 0 radical (unpaired) electrons. The molecule has 0 spiro atoms. The van der Waals surface area contributed by atoms with E-state index in [1.807, 2.05) is 0 Å². The van der Waals surface area contributed by atoms with E-state index in [0.29, 0.717) is 0 Å². The van der Waals surface area contributed by atoms with Crippen molar-refractivity contribution in [3.8, 4) is 0 Å². The Morgan fingerprint density at radius 2 is 1.48 bits per heavy atom. The number of rotatable bonds is 4. The van der Waals surface area contributed by atoms with Crippen molar-refractivity contribution in [2.45, 2.75) is 58.2 Å². The molecule has 4 heteroatoms. The summed E-state index contributed by atoms with van der Waals surface area (Å²) in [6.07, 6.45) is 2.35. The first-order valence-corrected chi connectivity index (χ1v) is 11.7. The summed E-state index contributed by atoms with van der Waals surface area (Å²) in [6, 6.07) is 6.79. The maximum atomic E-state index is 3.66. The van der Waals surface area contributed by atoms with Crippen LogP contribution in [0, 0.1) is 3.57 Å². The Morgan fingerprint density at radius 3 is 1.95 bits per heavy atom. The lowest BCUT2D eigenvalue weighted by atomic mass is 10.3. The summed E-state index contributed by atoms with van der Waals surface area (Å²) in [4.78, 5) is 0. The highest BCUT2D eigenvalue weighted by Crippen LogP contribution is 2.44. The highest BCUT2D eigenvalue weighted by Gasteiger charge is 2.45. The minimum Gasteiger partial charge on any atom is -0.373 e. The molecule has 21 heavy (non-hydrogen) atoms. The molecular formula is C17H25BrINSi. The minimum absolute atomic E-state index is 0.717. The quantitative estimate of drug-likeness (QED) is 0.329. The molecule has 0 bridgehead atoms. The topological polar surface area (TPSA) is 4.93 Å². The normalized spacial score (nSPS) is 13.1. The van der Waals surface area contributed by atoms with Crippen LogP contribution in [-0.2, 0) is 0 Å². The third kappa shape index (κ3) is 2.65. The van der Waals surface area contributed by atoms with Crippen molar-refractivity contribution in [3.05, 3.63) is 32.4 Å². The SMILES string of the molecule is CC(C)[Si](C(C)C)(C(C)C)n1ccc2c(I)c(Br)ccc21. The lowest BCUT2D eigenvalue weighted by Gasteiger charge is -2.44. The van der Waals surface area contributed by atoms with Crippen molar-refractivity contribution in [1.82, 2.24) is 4.23 Å². The molecule has 1 heterocycles. The molecule has 0 fully saturated rings. The largest absolute Gasteiger partial charge is 0.373 e. The Morgan fingerprint density at radius 1 is 0.952 bits per heavy atom. The summed E-state index contributed by atoms with van der Waals surface area (Å²) in [5.74, 6) is 0. The number of halogens is 2. The van der Waals surface area contributed by atoms with Crippen molar-refractivity contribution in [2.75, 3.05) is 0 Å². The molecule has 1 nitrogen and oxygen atoms in total. The molecule has 1 aromatic heterocycles. The first-order chi connectivity index (χ1) is 9.74. The third-order valence-corrected chi connectivity index (χ3v) is 14.3. The fourth-order valence-corrected chi connectivity index (χ4v) is 11.9. The van der Waals surface area contributed by atoms with Crippen LogP contribution in [0.2, 0.25) is 16.6 Å². The number of nitrogens with zero attached hydrogens (tertiary/aromatic N) is 1. The van der Waals surface area contributed by atoms with Gasteiger partial charge in [0.15, 0.2) is 8.24 Å². The molecule has 1 aromatic carbocycles. The molecule has 2 aromatic rings. The van der Waals surface area contributed by atoms with Gasteiger partial charge in [0, 0.05) is 18.9 Å². The molecule has 0 aliphatic carbocycles. The van der Waals surface area contributed by atoms with Gasteiger partial charge in [-0.2, -0.15) is 0 Å². The Labute approximate surface area is 151 Å². The van der Waals surface area contributed by atoms with E-state index >= 15 is 0 Å². The van der Waals surface area contributed by atoms with Gasteiger partial charge in [-0.25, -0.2) is 0 Å². The van der Waals surface area contributed by atoms with Crippen LogP contribution in [0.15, 0.2) is 28.9 Å². The first-order valence-electron chi connectivity index (χ1n) is 7.70. The van der Waals surface area contributed by atoms with E-state index < -0.39 is 8.24 Å². The number of hydrogen-bond acceptors (Lipinski definition) is 0. The second-order valence-electron chi connectivity index (χ2n) is 6.83. The van der Waals surface area contributed by atoms with Crippen LogP contribution >= 0.6 is 38.5 Å². The Bertz CT molecular complexity index is 624. The lowest BCUT2D eigenvalue weighted by Crippen LogP contribution is -2.51. The fourth-order valence-electron chi connectivity index (χ4n) is 4.33. The van der Waals surface area contributed by atoms with Gasteiger partial charge in [-0.3, -0.25) is 0 Å². The standard InChI is InChI=1S/C17H25BrINSi/c1-11(2)21(12(3)4,13(5)6)20-10-9-14-16(20)8-7-15(18)17(14)19/h7-13H,1-6H3. The van der Waals surface area contributed by atoms with E-state index in [-0.39, 0.29) is 0 Å². The molecule has 0 saturated heterocycles. The first kappa shape index (κ1) is 17.5. The average Bonchev–Trinajstić information content (AvgIpc) is 2.78.